The molecule has 0 unspecified atom stereocenters. The van der Waals surface area contributed by atoms with Crippen LogP contribution >= 0.6 is 0 Å². The number of halogens is 2. The first-order chi connectivity index (χ1) is 14.0. The van der Waals surface area contributed by atoms with E-state index in [-0.39, 0.29) is 23.2 Å². The van der Waals surface area contributed by atoms with Gasteiger partial charge < -0.3 is 10.2 Å². The number of urea groups is 1. The number of benzene rings is 2. The number of pyridine rings is 1. The smallest absolute Gasteiger partial charge is 0.315 e. The average molecular weight is 393 g/mol. The van der Waals surface area contributed by atoms with E-state index in [1.165, 1.54) is 18.2 Å². The van der Waals surface area contributed by atoms with Crippen molar-refractivity contribution in [3.8, 4) is 0 Å². The molecule has 1 saturated carbocycles. The van der Waals surface area contributed by atoms with E-state index in [1.54, 1.807) is 30.5 Å². The van der Waals surface area contributed by atoms with Crippen LogP contribution in [0.1, 0.15) is 37.2 Å². The molecule has 1 aliphatic heterocycles. The van der Waals surface area contributed by atoms with Crippen LogP contribution in [0, 0.1) is 11.6 Å². The minimum Gasteiger partial charge on any atom is -0.315 e. The van der Waals surface area contributed by atoms with Gasteiger partial charge in [-0.25, -0.2) is 13.6 Å². The highest BCUT2D eigenvalue weighted by Gasteiger charge is 2.56. The SMILES string of the molecule is O=C(Nc1ccc(F)cc1)N1CC12CCC(c1ccnc3ccc(F)cc13)CC2. The molecule has 148 valence electrons. The Bertz CT molecular complexity index is 1080. The third-order valence-electron chi connectivity index (χ3n) is 6.36. The molecule has 1 N–H and O–H groups in total. The van der Waals surface area contributed by atoms with Gasteiger partial charge in [0.05, 0.1) is 11.1 Å². The summed E-state index contributed by atoms with van der Waals surface area (Å²) in [7, 11) is 0. The lowest BCUT2D eigenvalue weighted by molar-refractivity contribution is 0.225. The first-order valence-corrected chi connectivity index (χ1v) is 9.92. The number of amides is 2. The summed E-state index contributed by atoms with van der Waals surface area (Å²) in [6.45, 7) is 0.748. The van der Waals surface area contributed by atoms with Gasteiger partial charge in [0.2, 0.25) is 0 Å². The summed E-state index contributed by atoms with van der Waals surface area (Å²) in [6.07, 6.45) is 5.55. The topological polar surface area (TPSA) is 45.0 Å². The molecule has 29 heavy (non-hydrogen) atoms. The second kappa shape index (κ2) is 6.79. The maximum absolute atomic E-state index is 13.8. The lowest BCUT2D eigenvalue weighted by Crippen LogP contribution is -2.30. The van der Waals surface area contributed by atoms with Crippen molar-refractivity contribution in [2.24, 2.45) is 0 Å². The van der Waals surface area contributed by atoms with E-state index in [0.29, 0.717) is 11.6 Å². The van der Waals surface area contributed by atoms with Crippen molar-refractivity contribution in [1.29, 1.82) is 0 Å². The Labute approximate surface area is 167 Å². The van der Waals surface area contributed by atoms with Crippen molar-refractivity contribution < 1.29 is 13.6 Å². The molecule has 1 spiro atoms. The summed E-state index contributed by atoms with van der Waals surface area (Å²) in [5.74, 6) is -0.228. The first-order valence-electron chi connectivity index (χ1n) is 9.92. The van der Waals surface area contributed by atoms with Gasteiger partial charge in [-0.05, 0) is 85.7 Å². The molecule has 6 heteroatoms. The van der Waals surface area contributed by atoms with Gasteiger partial charge in [0.25, 0.3) is 0 Å². The van der Waals surface area contributed by atoms with Crippen LogP contribution in [0.2, 0.25) is 0 Å². The normalized spacial score (nSPS) is 23.4. The van der Waals surface area contributed by atoms with Crippen molar-refractivity contribution in [2.45, 2.75) is 37.1 Å². The number of fused-ring (bicyclic) bond motifs is 1. The second-order valence-electron chi connectivity index (χ2n) is 8.08. The Kier molecular flexibility index (Phi) is 4.23. The summed E-state index contributed by atoms with van der Waals surface area (Å²) < 4.78 is 26.8. The zero-order chi connectivity index (χ0) is 20.0. The summed E-state index contributed by atoms with van der Waals surface area (Å²) in [5, 5.41) is 3.73. The fourth-order valence-corrected chi connectivity index (χ4v) is 4.66. The fourth-order valence-electron chi connectivity index (χ4n) is 4.66. The molecule has 0 atom stereocenters. The molecule has 1 saturated heterocycles. The Morgan fingerprint density at radius 3 is 2.52 bits per heavy atom. The largest absolute Gasteiger partial charge is 0.322 e. The molecule has 1 aromatic heterocycles. The number of hydrogen-bond donors (Lipinski definition) is 1. The van der Waals surface area contributed by atoms with Crippen molar-refractivity contribution in [3.63, 3.8) is 0 Å². The molecule has 0 radical (unpaired) electrons. The predicted octanol–water partition coefficient (Wildman–Crippen LogP) is 5.46. The number of aromatic nitrogens is 1. The number of nitrogens with one attached hydrogen (secondary N) is 1. The summed E-state index contributed by atoms with van der Waals surface area (Å²) in [4.78, 5) is 18.8. The molecule has 0 bridgehead atoms. The quantitative estimate of drug-likeness (QED) is 0.588. The van der Waals surface area contributed by atoms with Crippen LogP contribution in [0.4, 0.5) is 19.3 Å². The van der Waals surface area contributed by atoms with Crippen LogP contribution < -0.4 is 5.32 Å². The van der Waals surface area contributed by atoms with Crippen LogP contribution in [-0.4, -0.2) is 28.0 Å². The van der Waals surface area contributed by atoms with E-state index in [4.69, 9.17) is 0 Å². The minimum absolute atomic E-state index is 0.0747. The summed E-state index contributed by atoms with van der Waals surface area (Å²) in [6, 6.07) is 12.4. The lowest BCUT2D eigenvalue weighted by atomic mass is 9.77. The van der Waals surface area contributed by atoms with E-state index in [1.807, 2.05) is 11.0 Å². The van der Waals surface area contributed by atoms with Crippen molar-refractivity contribution >= 4 is 22.6 Å². The minimum atomic E-state index is -0.326. The highest BCUT2D eigenvalue weighted by molar-refractivity contribution is 5.91. The highest BCUT2D eigenvalue weighted by atomic mass is 19.1. The number of anilines is 1. The summed E-state index contributed by atoms with van der Waals surface area (Å²) in [5.41, 5.74) is 2.48. The van der Waals surface area contributed by atoms with Crippen LogP contribution in [0.3, 0.4) is 0 Å². The zero-order valence-electron chi connectivity index (χ0n) is 15.9. The third kappa shape index (κ3) is 3.33. The van der Waals surface area contributed by atoms with Gasteiger partial charge in [-0.3, -0.25) is 4.98 Å². The second-order valence-corrected chi connectivity index (χ2v) is 8.08. The van der Waals surface area contributed by atoms with Gasteiger partial charge >= 0.3 is 6.03 Å². The van der Waals surface area contributed by atoms with E-state index in [9.17, 15) is 13.6 Å². The maximum atomic E-state index is 13.8. The number of nitrogens with zero attached hydrogens (tertiary/aromatic N) is 2. The van der Waals surface area contributed by atoms with Crippen LogP contribution in [0.15, 0.2) is 54.7 Å². The van der Waals surface area contributed by atoms with Crippen molar-refractivity contribution in [1.82, 2.24) is 9.88 Å². The van der Waals surface area contributed by atoms with Crippen LogP contribution in [0.5, 0.6) is 0 Å². The molecule has 2 amide bonds. The van der Waals surface area contributed by atoms with E-state index in [2.05, 4.69) is 10.3 Å². The average Bonchev–Trinajstić information content (AvgIpc) is 3.43. The Balaban J connectivity index is 1.26. The van der Waals surface area contributed by atoms with Gasteiger partial charge in [0.1, 0.15) is 11.6 Å². The third-order valence-corrected chi connectivity index (χ3v) is 6.36. The fraction of sp³-hybridized carbons (Fsp3) is 0.304. The lowest BCUT2D eigenvalue weighted by Gasteiger charge is -2.30. The molecule has 2 aromatic carbocycles. The molecule has 2 fully saturated rings. The van der Waals surface area contributed by atoms with Crippen molar-refractivity contribution in [2.75, 3.05) is 11.9 Å². The van der Waals surface area contributed by atoms with Gasteiger partial charge in [0.15, 0.2) is 0 Å². The van der Waals surface area contributed by atoms with Crippen LogP contribution in [0.25, 0.3) is 10.9 Å². The highest BCUT2D eigenvalue weighted by Crippen LogP contribution is 2.49. The van der Waals surface area contributed by atoms with Gasteiger partial charge in [-0.1, -0.05) is 0 Å². The molecule has 2 heterocycles. The van der Waals surface area contributed by atoms with E-state index in [0.717, 1.165) is 48.7 Å². The number of hydrogen-bond acceptors (Lipinski definition) is 2. The number of carbonyl (C=O) groups excluding carboxylic acids is 1. The number of carbonyl (C=O) groups is 1. The van der Waals surface area contributed by atoms with Crippen LogP contribution in [-0.2, 0) is 0 Å². The van der Waals surface area contributed by atoms with Gasteiger partial charge in [0, 0.05) is 23.8 Å². The molecular weight excluding hydrogens is 372 g/mol. The van der Waals surface area contributed by atoms with E-state index >= 15 is 0 Å². The standard InChI is InChI=1S/C23H21F2N3O/c24-16-1-4-18(5-2-16)27-22(29)28-14-23(28)10-7-15(8-11-23)19-9-12-26-21-6-3-17(25)13-20(19)21/h1-6,9,12-13,15H,7-8,10-11,14H2,(H,27,29). The Morgan fingerprint density at radius 1 is 1.03 bits per heavy atom. The first kappa shape index (κ1) is 18.0. The zero-order valence-corrected chi connectivity index (χ0v) is 15.9. The number of rotatable bonds is 2. The molecule has 4 nitrogen and oxygen atoms in total. The Hall–Kier alpha value is -3.02. The summed E-state index contributed by atoms with van der Waals surface area (Å²) >= 11 is 0. The molecular formula is C23H21F2N3O. The molecule has 1 aliphatic carbocycles. The monoisotopic (exact) mass is 393 g/mol. The Morgan fingerprint density at radius 2 is 1.76 bits per heavy atom. The van der Waals surface area contributed by atoms with Gasteiger partial charge in [-0.15, -0.1) is 0 Å². The molecule has 3 aromatic rings. The predicted molar refractivity (Wildman–Crippen MR) is 108 cm³/mol. The molecule has 5 rings (SSSR count). The molecule has 2 aliphatic rings. The van der Waals surface area contributed by atoms with Gasteiger partial charge in [-0.2, -0.15) is 0 Å². The maximum Gasteiger partial charge on any atom is 0.322 e. The van der Waals surface area contributed by atoms with Crippen molar-refractivity contribution in [3.05, 3.63) is 71.9 Å². The van der Waals surface area contributed by atoms with E-state index < -0.39 is 0 Å².